The maximum atomic E-state index is 12.3. The molecule has 98 valence electrons. The molecule has 2 rings (SSSR count). The van der Waals surface area contributed by atoms with Crippen LogP contribution >= 0.6 is 11.6 Å². The summed E-state index contributed by atoms with van der Waals surface area (Å²) in [7, 11) is 0. The van der Waals surface area contributed by atoms with Crippen LogP contribution < -0.4 is 4.74 Å². The quantitative estimate of drug-likeness (QED) is 0.787. The molecule has 2 aromatic rings. The molecule has 0 radical (unpaired) electrons. The third-order valence-electron chi connectivity index (χ3n) is 2.47. The second kappa shape index (κ2) is 6.29. The summed E-state index contributed by atoms with van der Waals surface area (Å²) in [6.45, 7) is 2.61. The topological polar surface area (TPSA) is 52.1 Å². The van der Waals surface area contributed by atoms with Gasteiger partial charge in [-0.3, -0.25) is 14.8 Å². The van der Waals surface area contributed by atoms with Gasteiger partial charge in [0.05, 0.1) is 17.8 Å². The molecule has 0 spiro atoms. The van der Waals surface area contributed by atoms with E-state index in [1.165, 1.54) is 18.6 Å². The Labute approximate surface area is 116 Å². The average Bonchev–Trinajstić information content (AvgIpc) is 2.45. The molecule has 0 unspecified atom stereocenters. The standard InChI is InChI=1S/C14H13ClN2O2/c1-2-5-19-11-6-10(7-17-8-11)14(18)12-3-4-16-9-13(12)15/h3-4,6-9H,2,5H2,1H3. The van der Waals surface area contributed by atoms with Crippen molar-refractivity contribution in [1.29, 1.82) is 0 Å². The van der Waals surface area contributed by atoms with Crippen molar-refractivity contribution >= 4 is 17.4 Å². The summed E-state index contributed by atoms with van der Waals surface area (Å²) in [5.41, 5.74) is 0.854. The third kappa shape index (κ3) is 3.29. The molecule has 2 aromatic heterocycles. The van der Waals surface area contributed by atoms with Crippen LogP contribution in [0.3, 0.4) is 0 Å². The number of carbonyl (C=O) groups is 1. The first kappa shape index (κ1) is 13.5. The number of hydrogen-bond donors (Lipinski definition) is 0. The lowest BCUT2D eigenvalue weighted by molar-refractivity contribution is 0.103. The van der Waals surface area contributed by atoms with E-state index in [9.17, 15) is 4.79 Å². The Morgan fingerprint density at radius 1 is 1.32 bits per heavy atom. The molecule has 0 N–H and O–H groups in total. The minimum absolute atomic E-state index is 0.193. The molecule has 0 aliphatic rings. The fraction of sp³-hybridized carbons (Fsp3) is 0.214. The Morgan fingerprint density at radius 2 is 2.16 bits per heavy atom. The van der Waals surface area contributed by atoms with Crippen LogP contribution in [0, 0.1) is 0 Å². The fourth-order valence-electron chi connectivity index (χ4n) is 1.56. The molecular weight excluding hydrogens is 264 g/mol. The van der Waals surface area contributed by atoms with Crippen LogP contribution in [0.25, 0.3) is 0 Å². The van der Waals surface area contributed by atoms with Crippen LogP contribution in [0.2, 0.25) is 5.02 Å². The second-order valence-corrected chi connectivity index (χ2v) is 4.35. The van der Waals surface area contributed by atoms with Gasteiger partial charge in [0.25, 0.3) is 0 Å². The fourth-order valence-corrected chi connectivity index (χ4v) is 1.76. The van der Waals surface area contributed by atoms with Gasteiger partial charge in [-0.15, -0.1) is 0 Å². The van der Waals surface area contributed by atoms with E-state index in [4.69, 9.17) is 16.3 Å². The van der Waals surface area contributed by atoms with Crippen molar-refractivity contribution < 1.29 is 9.53 Å². The van der Waals surface area contributed by atoms with Crippen LogP contribution in [0.5, 0.6) is 5.75 Å². The Hall–Kier alpha value is -1.94. The predicted molar refractivity (Wildman–Crippen MR) is 72.7 cm³/mol. The van der Waals surface area contributed by atoms with E-state index >= 15 is 0 Å². The molecule has 0 saturated heterocycles. The highest BCUT2D eigenvalue weighted by Gasteiger charge is 2.13. The number of ketones is 1. The third-order valence-corrected chi connectivity index (χ3v) is 2.77. The largest absolute Gasteiger partial charge is 0.492 e. The van der Waals surface area contributed by atoms with Gasteiger partial charge in [0.2, 0.25) is 0 Å². The smallest absolute Gasteiger partial charge is 0.196 e. The summed E-state index contributed by atoms with van der Waals surface area (Å²) in [5, 5.41) is 0.326. The molecule has 0 aliphatic heterocycles. The van der Waals surface area contributed by atoms with Crippen molar-refractivity contribution in [2.24, 2.45) is 0 Å². The van der Waals surface area contributed by atoms with Crippen LogP contribution in [0.1, 0.15) is 29.3 Å². The number of halogens is 1. The SMILES string of the molecule is CCCOc1cncc(C(=O)c2ccncc2Cl)c1. The molecule has 5 heteroatoms. The lowest BCUT2D eigenvalue weighted by Gasteiger charge is -2.06. The first-order valence-corrected chi connectivity index (χ1v) is 6.32. The van der Waals surface area contributed by atoms with Crippen LogP contribution in [-0.2, 0) is 0 Å². The number of carbonyl (C=O) groups excluding carboxylic acids is 1. The highest BCUT2D eigenvalue weighted by molar-refractivity contribution is 6.34. The van der Waals surface area contributed by atoms with Gasteiger partial charge in [-0.25, -0.2) is 0 Å². The van der Waals surface area contributed by atoms with Gasteiger partial charge >= 0.3 is 0 Å². The van der Waals surface area contributed by atoms with Crippen molar-refractivity contribution in [3.05, 3.63) is 53.1 Å². The number of aromatic nitrogens is 2. The molecule has 0 fully saturated rings. The molecule has 0 amide bonds. The van der Waals surface area contributed by atoms with Crippen LogP contribution in [-0.4, -0.2) is 22.4 Å². The zero-order chi connectivity index (χ0) is 13.7. The average molecular weight is 277 g/mol. The van der Waals surface area contributed by atoms with E-state index in [1.807, 2.05) is 6.92 Å². The van der Waals surface area contributed by atoms with Gasteiger partial charge in [0.15, 0.2) is 5.78 Å². The van der Waals surface area contributed by atoms with Crippen molar-refractivity contribution in [1.82, 2.24) is 9.97 Å². The van der Waals surface area contributed by atoms with E-state index in [1.54, 1.807) is 18.3 Å². The molecule has 0 saturated carbocycles. The van der Waals surface area contributed by atoms with Gasteiger partial charge in [0.1, 0.15) is 5.75 Å². The summed E-state index contributed by atoms with van der Waals surface area (Å²) in [4.78, 5) is 20.1. The Morgan fingerprint density at radius 3 is 2.89 bits per heavy atom. The lowest BCUT2D eigenvalue weighted by Crippen LogP contribution is -2.04. The summed E-state index contributed by atoms with van der Waals surface area (Å²) < 4.78 is 5.45. The number of ether oxygens (including phenoxy) is 1. The number of rotatable bonds is 5. The van der Waals surface area contributed by atoms with Crippen molar-refractivity contribution in [3.8, 4) is 5.75 Å². The number of nitrogens with zero attached hydrogens (tertiary/aromatic N) is 2. The van der Waals surface area contributed by atoms with Gasteiger partial charge in [-0.2, -0.15) is 0 Å². The van der Waals surface area contributed by atoms with Gasteiger partial charge in [0, 0.05) is 29.7 Å². The molecule has 0 bridgehead atoms. The highest BCUT2D eigenvalue weighted by Crippen LogP contribution is 2.20. The maximum Gasteiger partial charge on any atom is 0.196 e. The molecule has 0 aliphatic carbocycles. The van der Waals surface area contributed by atoms with E-state index in [0.717, 1.165) is 6.42 Å². The van der Waals surface area contributed by atoms with Gasteiger partial charge < -0.3 is 4.74 Å². The van der Waals surface area contributed by atoms with E-state index in [-0.39, 0.29) is 5.78 Å². The lowest BCUT2D eigenvalue weighted by atomic mass is 10.1. The molecular formula is C14H13ClN2O2. The molecule has 0 atom stereocenters. The minimum Gasteiger partial charge on any atom is -0.492 e. The minimum atomic E-state index is -0.193. The molecule has 19 heavy (non-hydrogen) atoms. The van der Waals surface area contributed by atoms with Crippen LogP contribution in [0.4, 0.5) is 0 Å². The summed E-state index contributed by atoms with van der Waals surface area (Å²) in [6.07, 6.45) is 6.95. The van der Waals surface area contributed by atoms with Crippen molar-refractivity contribution in [3.63, 3.8) is 0 Å². The van der Waals surface area contributed by atoms with Gasteiger partial charge in [-0.1, -0.05) is 18.5 Å². The van der Waals surface area contributed by atoms with E-state index < -0.39 is 0 Å². The van der Waals surface area contributed by atoms with E-state index in [0.29, 0.717) is 28.5 Å². The number of pyridine rings is 2. The molecule has 0 aromatic carbocycles. The maximum absolute atomic E-state index is 12.3. The molecule has 4 nitrogen and oxygen atoms in total. The van der Waals surface area contributed by atoms with Crippen LogP contribution in [0.15, 0.2) is 36.9 Å². The predicted octanol–water partition coefficient (Wildman–Crippen LogP) is 3.15. The Bertz CT molecular complexity index is 587. The first-order chi connectivity index (χ1) is 9.22. The van der Waals surface area contributed by atoms with E-state index in [2.05, 4.69) is 9.97 Å². The monoisotopic (exact) mass is 276 g/mol. The number of hydrogen-bond acceptors (Lipinski definition) is 4. The van der Waals surface area contributed by atoms with Crippen molar-refractivity contribution in [2.45, 2.75) is 13.3 Å². The summed E-state index contributed by atoms with van der Waals surface area (Å²) in [6, 6.07) is 3.26. The normalized spacial score (nSPS) is 10.2. The zero-order valence-electron chi connectivity index (χ0n) is 10.5. The zero-order valence-corrected chi connectivity index (χ0v) is 11.2. The van der Waals surface area contributed by atoms with Gasteiger partial charge in [-0.05, 0) is 18.6 Å². The summed E-state index contributed by atoms with van der Waals surface area (Å²) >= 11 is 5.96. The van der Waals surface area contributed by atoms with Crippen molar-refractivity contribution in [2.75, 3.05) is 6.61 Å². The Kier molecular flexibility index (Phi) is 4.47. The first-order valence-electron chi connectivity index (χ1n) is 5.94. The summed E-state index contributed by atoms with van der Waals surface area (Å²) in [5.74, 6) is 0.389. The highest BCUT2D eigenvalue weighted by atomic mass is 35.5. The molecule has 2 heterocycles. The second-order valence-electron chi connectivity index (χ2n) is 3.94. The Balaban J connectivity index is 2.27.